The molecule has 27 heavy (non-hydrogen) atoms. The Morgan fingerprint density at radius 3 is 2.59 bits per heavy atom. The maximum Gasteiger partial charge on any atom is 0.243 e. The molecule has 0 unspecified atom stereocenters. The van der Waals surface area contributed by atoms with E-state index in [1.807, 2.05) is 4.90 Å². The third-order valence-corrected chi connectivity index (χ3v) is 7.58. The first kappa shape index (κ1) is 20.4. The second-order valence-corrected chi connectivity index (χ2v) is 9.63. The van der Waals surface area contributed by atoms with Crippen molar-refractivity contribution < 1.29 is 22.8 Å². The summed E-state index contributed by atoms with van der Waals surface area (Å²) in [7, 11) is -0.0930. The van der Waals surface area contributed by atoms with E-state index in [1.165, 1.54) is 28.4 Å². The quantitative estimate of drug-likeness (QED) is 0.756. The number of quaternary nitrogens is 1. The van der Waals surface area contributed by atoms with E-state index in [4.69, 9.17) is 16.3 Å². The van der Waals surface area contributed by atoms with Crippen molar-refractivity contribution in [2.24, 2.45) is 5.92 Å². The van der Waals surface area contributed by atoms with Crippen LogP contribution in [0.25, 0.3) is 0 Å². The Hall–Kier alpha value is -1.35. The van der Waals surface area contributed by atoms with Crippen LogP contribution in [0.15, 0.2) is 23.1 Å². The highest BCUT2D eigenvalue weighted by atomic mass is 35.5. The Balaban J connectivity index is 1.73. The van der Waals surface area contributed by atoms with Crippen molar-refractivity contribution in [1.82, 2.24) is 9.21 Å². The van der Waals surface area contributed by atoms with E-state index in [1.54, 1.807) is 6.07 Å². The molecule has 0 aliphatic carbocycles. The van der Waals surface area contributed by atoms with Crippen LogP contribution in [0.2, 0.25) is 5.02 Å². The van der Waals surface area contributed by atoms with Gasteiger partial charge in [0.1, 0.15) is 5.75 Å². The molecule has 0 spiro atoms. The summed E-state index contributed by atoms with van der Waals surface area (Å²) >= 11 is 6.10. The number of rotatable bonds is 4. The normalized spacial score (nSPS) is 22.6. The van der Waals surface area contributed by atoms with Crippen LogP contribution in [0.5, 0.6) is 5.75 Å². The molecule has 150 valence electrons. The summed E-state index contributed by atoms with van der Waals surface area (Å²) in [6.07, 6.45) is 1.41. The minimum Gasteiger partial charge on any atom is -0.495 e. The number of nitrogens with one attached hydrogen (secondary N) is 1. The van der Waals surface area contributed by atoms with Gasteiger partial charge in [-0.05, 0) is 31.0 Å². The number of carbonyl (C=O) groups is 1. The molecule has 2 heterocycles. The molecule has 2 aliphatic heterocycles. The van der Waals surface area contributed by atoms with Gasteiger partial charge in [0.2, 0.25) is 15.9 Å². The fourth-order valence-corrected chi connectivity index (χ4v) is 5.56. The van der Waals surface area contributed by atoms with E-state index < -0.39 is 10.0 Å². The number of methoxy groups -OCH3 is 1. The average Bonchev–Trinajstić information content (AvgIpc) is 2.68. The number of carbonyl (C=O) groups excluding carboxylic acids is 1. The second-order valence-electron chi connectivity index (χ2n) is 7.28. The van der Waals surface area contributed by atoms with Crippen molar-refractivity contribution in [2.45, 2.75) is 17.7 Å². The maximum absolute atomic E-state index is 13.0. The summed E-state index contributed by atoms with van der Waals surface area (Å²) in [5, 5.41) is 0.253. The first-order chi connectivity index (χ1) is 12.8. The van der Waals surface area contributed by atoms with Crippen molar-refractivity contribution >= 4 is 27.5 Å². The van der Waals surface area contributed by atoms with E-state index in [9.17, 15) is 13.2 Å². The standard InChI is InChI=1S/C18H26ClN3O4S/c1-20-8-10-21(11-9-20)18(23)14-4-3-7-22(13-14)27(24,25)15-5-6-17(26-2)16(19)12-15/h5-6,12,14H,3-4,7-11,13H2,1-2H3/p+1/t14-/m0/s1. The SMILES string of the molecule is COc1ccc(S(=O)(=O)N2CCC[C@H](C(=O)N3CC[NH+](C)CC3)C2)cc1Cl. The fraction of sp³-hybridized carbons (Fsp3) is 0.611. The van der Waals surface area contributed by atoms with Gasteiger partial charge in [-0.25, -0.2) is 8.42 Å². The molecule has 0 bridgehead atoms. The zero-order chi connectivity index (χ0) is 19.6. The number of benzene rings is 1. The fourth-order valence-electron chi connectivity index (χ4n) is 3.69. The number of nitrogens with zero attached hydrogens (tertiary/aromatic N) is 2. The van der Waals surface area contributed by atoms with Gasteiger partial charge in [-0.15, -0.1) is 0 Å². The van der Waals surface area contributed by atoms with Crippen molar-refractivity contribution in [3.63, 3.8) is 0 Å². The molecule has 2 fully saturated rings. The summed E-state index contributed by atoms with van der Waals surface area (Å²) in [5.74, 6) is 0.232. The van der Waals surface area contributed by atoms with Crippen LogP contribution in [-0.4, -0.2) is 77.0 Å². The van der Waals surface area contributed by atoms with Gasteiger partial charge in [0, 0.05) is 13.1 Å². The maximum atomic E-state index is 13.0. The number of halogens is 1. The molecule has 1 aromatic carbocycles. The second kappa shape index (κ2) is 8.34. The highest BCUT2D eigenvalue weighted by molar-refractivity contribution is 7.89. The van der Waals surface area contributed by atoms with E-state index in [0.29, 0.717) is 18.7 Å². The molecule has 0 radical (unpaired) electrons. The highest BCUT2D eigenvalue weighted by Gasteiger charge is 2.36. The highest BCUT2D eigenvalue weighted by Crippen LogP contribution is 2.30. The number of piperazine rings is 1. The lowest BCUT2D eigenvalue weighted by molar-refractivity contribution is -0.883. The first-order valence-corrected chi connectivity index (χ1v) is 11.1. The molecule has 7 nitrogen and oxygen atoms in total. The van der Waals surface area contributed by atoms with Gasteiger partial charge in [-0.3, -0.25) is 4.79 Å². The van der Waals surface area contributed by atoms with Gasteiger partial charge < -0.3 is 14.5 Å². The molecular weight excluding hydrogens is 390 g/mol. The number of sulfonamides is 1. The van der Waals surface area contributed by atoms with Crippen LogP contribution < -0.4 is 9.64 Å². The number of ether oxygens (including phenoxy) is 1. The number of piperidine rings is 1. The molecule has 0 aromatic heterocycles. The van der Waals surface area contributed by atoms with Crippen LogP contribution in [0, 0.1) is 5.92 Å². The lowest BCUT2D eigenvalue weighted by Gasteiger charge is -2.36. The molecule has 1 atom stereocenters. The largest absolute Gasteiger partial charge is 0.495 e. The van der Waals surface area contributed by atoms with Gasteiger partial charge in [0.05, 0.1) is 56.2 Å². The minimum atomic E-state index is -3.70. The molecule has 0 saturated carbocycles. The Kier molecular flexibility index (Phi) is 6.30. The van der Waals surface area contributed by atoms with Crippen LogP contribution in [0.4, 0.5) is 0 Å². The van der Waals surface area contributed by atoms with E-state index in [2.05, 4.69) is 7.05 Å². The first-order valence-electron chi connectivity index (χ1n) is 9.26. The van der Waals surface area contributed by atoms with E-state index in [0.717, 1.165) is 32.6 Å². The smallest absolute Gasteiger partial charge is 0.243 e. The van der Waals surface area contributed by atoms with Gasteiger partial charge >= 0.3 is 0 Å². The Bertz CT molecular complexity index is 794. The topological polar surface area (TPSA) is 71.4 Å². The Morgan fingerprint density at radius 2 is 1.96 bits per heavy atom. The Labute approximate surface area is 165 Å². The third-order valence-electron chi connectivity index (χ3n) is 5.42. The van der Waals surface area contributed by atoms with Crippen LogP contribution in [0.3, 0.4) is 0 Å². The molecule has 1 aromatic rings. The molecule has 1 amide bonds. The molecule has 9 heteroatoms. The van der Waals surface area contributed by atoms with Crippen molar-refractivity contribution in [1.29, 1.82) is 0 Å². The van der Waals surface area contributed by atoms with E-state index >= 15 is 0 Å². The van der Waals surface area contributed by atoms with Gasteiger partial charge in [0.15, 0.2) is 0 Å². The predicted octanol–water partition coefficient (Wildman–Crippen LogP) is 0.106. The lowest BCUT2D eigenvalue weighted by Crippen LogP contribution is -3.12. The molecule has 2 saturated heterocycles. The van der Waals surface area contributed by atoms with Crippen molar-refractivity contribution in [2.75, 3.05) is 53.4 Å². The summed E-state index contributed by atoms with van der Waals surface area (Å²) in [6.45, 7) is 3.99. The van der Waals surface area contributed by atoms with Crippen LogP contribution in [0.1, 0.15) is 12.8 Å². The lowest BCUT2D eigenvalue weighted by atomic mass is 9.98. The van der Waals surface area contributed by atoms with Crippen LogP contribution >= 0.6 is 11.6 Å². The number of amides is 1. The molecule has 3 rings (SSSR count). The predicted molar refractivity (Wildman–Crippen MR) is 103 cm³/mol. The summed E-state index contributed by atoms with van der Waals surface area (Å²) in [5.41, 5.74) is 0. The zero-order valence-corrected chi connectivity index (χ0v) is 17.4. The van der Waals surface area contributed by atoms with Crippen molar-refractivity contribution in [3.05, 3.63) is 23.2 Å². The van der Waals surface area contributed by atoms with Crippen LogP contribution in [-0.2, 0) is 14.8 Å². The van der Waals surface area contributed by atoms with Crippen molar-refractivity contribution in [3.8, 4) is 5.75 Å². The van der Waals surface area contributed by atoms with E-state index in [-0.39, 0.29) is 28.3 Å². The number of hydrogen-bond acceptors (Lipinski definition) is 4. The monoisotopic (exact) mass is 416 g/mol. The van der Waals surface area contributed by atoms with Gasteiger partial charge in [-0.2, -0.15) is 4.31 Å². The average molecular weight is 417 g/mol. The molecule has 2 aliphatic rings. The third kappa shape index (κ3) is 4.39. The van der Waals surface area contributed by atoms with Gasteiger partial charge in [-0.1, -0.05) is 11.6 Å². The molecule has 1 N–H and O–H groups in total. The summed E-state index contributed by atoms with van der Waals surface area (Å²) < 4.78 is 32.6. The number of likely N-dealkylation sites (N-methyl/N-ethyl adjacent to an activating group) is 1. The molecular formula is C18H27ClN3O4S+. The minimum absolute atomic E-state index is 0.0789. The number of hydrogen-bond donors (Lipinski definition) is 1. The summed E-state index contributed by atoms with van der Waals surface area (Å²) in [4.78, 5) is 16.3. The Morgan fingerprint density at radius 1 is 1.26 bits per heavy atom. The summed E-state index contributed by atoms with van der Waals surface area (Å²) in [6, 6.07) is 4.45. The zero-order valence-electron chi connectivity index (χ0n) is 15.8. The van der Waals surface area contributed by atoms with Gasteiger partial charge in [0.25, 0.3) is 0 Å².